The van der Waals surface area contributed by atoms with Crippen molar-refractivity contribution in [3.05, 3.63) is 0 Å². The van der Waals surface area contributed by atoms with Gasteiger partial charge >= 0.3 is 13.8 Å². The number of halogens is 3. The predicted molar refractivity (Wildman–Crippen MR) is 32.4 cm³/mol. The fourth-order valence-electron chi connectivity index (χ4n) is 0.331. The van der Waals surface area contributed by atoms with Gasteiger partial charge in [-0.25, -0.2) is 0 Å². The Labute approximate surface area is 61.7 Å². The fourth-order valence-corrected chi connectivity index (χ4v) is 0.761. The molecule has 0 amide bonds. The van der Waals surface area contributed by atoms with Crippen LogP contribution in [0.15, 0.2) is 0 Å². The first-order valence-corrected chi connectivity index (χ1v) is 4.75. The maximum Gasteiger partial charge on any atom is 0.391 e. The molecule has 0 bridgehead atoms. The Kier molecular flexibility index (Phi) is 3.54. The average Bonchev–Trinajstić information content (AvgIpc) is 1.55. The third-order valence-electron chi connectivity index (χ3n) is 0.716. The summed E-state index contributed by atoms with van der Waals surface area (Å²) in [4.78, 5) is 8.38. The minimum absolute atomic E-state index is 0.770. The zero-order chi connectivity index (χ0) is 9.12. The normalized spacial score (nSPS) is 17.9. The molecule has 0 aromatic rings. The van der Waals surface area contributed by atoms with Gasteiger partial charge in [0.2, 0.25) is 0 Å². The molecule has 0 heterocycles. The SMILES string of the molecule is CP(=O)(O)OCCC(F)(F)F. The van der Waals surface area contributed by atoms with Gasteiger partial charge < -0.3 is 9.42 Å². The van der Waals surface area contributed by atoms with Crippen LogP contribution in [0.25, 0.3) is 0 Å². The van der Waals surface area contributed by atoms with Crippen molar-refractivity contribution in [3.8, 4) is 0 Å². The van der Waals surface area contributed by atoms with Crippen molar-refractivity contribution in [2.75, 3.05) is 13.3 Å². The van der Waals surface area contributed by atoms with Crippen molar-refractivity contribution in [2.45, 2.75) is 12.6 Å². The second-order valence-corrected chi connectivity index (χ2v) is 3.87. The van der Waals surface area contributed by atoms with Gasteiger partial charge in [-0.05, 0) is 0 Å². The zero-order valence-corrected chi connectivity index (χ0v) is 6.65. The molecule has 0 saturated carbocycles. The Morgan fingerprint density at radius 1 is 1.55 bits per heavy atom. The van der Waals surface area contributed by atoms with E-state index in [1.165, 1.54) is 0 Å². The van der Waals surface area contributed by atoms with Gasteiger partial charge in [-0.1, -0.05) is 0 Å². The number of rotatable bonds is 3. The van der Waals surface area contributed by atoms with E-state index in [2.05, 4.69) is 4.52 Å². The summed E-state index contributed by atoms with van der Waals surface area (Å²) in [6, 6.07) is 0. The zero-order valence-electron chi connectivity index (χ0n) is 5.76. The van der Waals surface area contributed by atoms with Crippen LogP contribution in [0, 0.1) is 0 Å². The summed E-state index contributed by atoms with van der Waals surface area (Å²) in [5.41, 5.74) is 0. The second kappa shape index (κ2) is 3.56. The van der Waals surface area contributed by atoms with Crippen molar-refractivity contribution < 1.29 is 27.2 Å². The summed E-state index contributed by atoms with van der Waals surface area (Å²) in [6.07, 6.45) is -5.54. The van der Waals surface area contributed by atoms with Gasteiger partial charge in [0.05, 0.1) is 13.0 Å². The van der Waals surface area contributed by atoms with Crippen LogP contribution in [0.2, 0.25) is 0 Å². The Morgan fingerprint density at radius 3 is 2.27 bits per heavy atom. The van der Waals surface area contributed by atoms with E-state index in [-0.39, 0.29) is 0 Å². The van der Waals surface area contributed by atoms with Gasteiger partial charge in [-0.15, -0.1) is 0 Å². The molecule has 0 aliphatic rings. The minimum atomic E-state index is -4.34. The summed E-state index contributed by atoms with van der Waals surface area (Å²) in [5, 5.41) is 0. The topological polar surface area (TPSA) is 46.5 Å². The lowest BCUT2D eigenvalue weighted by molar-refractivity contribution is -0.139. The van der Waals surface area contributed by atoms with Crippen LogP contribution in [0.3, 0.4) is 0 Å². The van der Waals surface area contributed by atoms with E-state index in [1.54, 1.807) is 0 Å². The number of alkyl halides is 3. The smallest absolute Gasteiger partial charge is 0.324 e. The quantitative estimate of drug-likeness (QED) is 0.693. The van der Waals surface area contributed by atoms with Crippen molar-refractivity contribution in [1.82, 2.24) is 0 Å². The lowest BCUT2D eigenvalue weighted by Gasteiger charge is -2.08. The van der Waals surface area contributed by atoms with Crippen LogP contribution in [-0.4, -0.2) is 24.3 Å². The molecular weight excluding hydrogens is 184 g/mol. The lowest BCUT2D eigenvalue weighted by Crippen LogP contribution is -2.10. The molecule has 0 aromatic carbocycles. The Balaban J connectivity index is 3.52. The summed E-state index contributed by atoms with van der Waals surface area (Å²) in [5.74, 6) is 0. The minimum Gasteiger partial charge on any atom is -0.324 e. The van der Waals surface area contributed by atoms with Crippen LogP contribution >= 0.6 is 7.60 Å². The highest BCUT2D eigenvalue weighted by Gasteiger charge is 2.27. The van der Waals surface area contributed by atoms with Gasteiger partial charge in [0.15, 0.2) is 0 Å². The van der Waals surface area contributed by atoms with Crippen molar-refractivity contribution in [1.29, 1.82) is 0 Å². The molecule has 0 saturated heterocycles. The maximum atomic E-state index is 11.4. The van der Waals surface area contributed by atoms with Crippen LogP contribution in [0.5, 0.6) is 0 Å². The lowest BCUT2D eigenvalue weighted by atomic mass is 10.5. The molecule has 0 aliphatic heterocycles. The first-order valence-electron chi connectivity index (χ1n) is 2.72. The van der Waals surface area contributed by atoms with Gasteiger partial charge in [0.25, 0.3) is 0 Å². The van der Waals surface area contributed by atoms with Crippen molar-refractivity contribution in [3.63, 3.8) is 0 Å². The monoisotopic (exact) mass is 192 g/mol. The summed E-state index contributed by atoms with van der Waals surface area (Å²) < 4.78 is 48.4. The van der Waals surface area contributed by atoms with E-state index in [9.17, 15) is 17.7 Å². The molecule has 0 radical (unpaired) electrons. The van der Waals surface area contributed by atoms with Crippen molar-refractivity contribution >= 4 is 7.60 Å². The first kappa shape index (κ1) is 10.9. The molecule has 1 unspecified atom stereocenters. The summed E-state index contributed by atoms with van der Waals surface area (Å²) in [6.45, 7) is 0.0666. The molecule has 11 heavy (non-hydrogen) atoms. The van der Waals surface area contributed by atoms with Gasteiger partial charge in [-0.2, -0.15) is 13.2 Å². The van der Waals surface area contributed by atoms with E-state index in [4.69, 9.17) is 4.89 Å². The van der Waals surface area contributed by atoms with Crippen molar-refractivity contribution in [2.24, 2.45) is 0 Å². The standard InChI is InChI=1S/C4H8F3O3P/c1-11(8,9)10-3-2-4(5,6)7/h2-3H2,1H3,(H,8,9). The van der Waals surface area contributed by atoms with Crippen LogP contribution < -0.4 is 0 Å². The molecule has 3 nitrogen and oxygen atoms in total. The third-order valence-corrected chi connectivity index (χ3v) is 1.38. The van der Waals surface area contributed by atoms with E-state index in [1.807, 2.05) is 0 Å². The largest absolute Gasteiger partial charge is 0.391 e. The Bertz CT molecular complexity index is 160. The highest BCUT2D eigenvalue weighted by Crippen LogP contribution is 2.37. The molecule has 0 rings (SSSR count). The van der Waals surface area contributed by atoms with E-state index < -0.39 is 26.8 Å². The van der Waals surface area contributed by atoms with E-state index in [0.29, 0.717) is 0 Å². The van der Waals surface area contributed by atoms with Crippen LogP contribution in [0.1, 0.15) is 6.42 Å². The Hall–Kier alpha value is -0.0600. The molecule has 0 aromatic heterocycles. The molecule has 0 fully saturated rings. The fraction of sp³-hybridized carbons (Fsp3) is 1.00. The average molecular weight is 192 g/mol. The Morgan fingerprint density at radius 2 is 2.00 bits per heavy atom. The highest BCUT2D eigenvalue weighted by molar-refractivity contribution is 7.51. The molecule has 1 N–H and O–H groups in total. The van der Waals surface area contributed by atoms with Crippen LogP contribution in [0.4, 0.5) is 13.2 Å². The van der Waals surface area contributed by atoms with Crippen LogP contribution in [-0.2, 0) is 9.09 Å². The van der Waals surface area contributed by atoms with Gasteiger partial charge in [0, 0.05) is 6.66 Å². The number of hydrogen-bond acceptors (Lipinski definition) is 2. The maximum absolute atomic E-state index is 11.4. The highest BCUT2D eigenvalue weighted by atomic mass is 31.2. The van der Waals surface area contributed by atoms with E-state index >= 15 is 0 Å². The van der Waals surface area contributed by atoms with Gasteiger partial charge in [0.1, 0.15) is 0 Å². The molecule has 68 valence electrons. The predicted octanol–water partition coefficient (Wildman–Crippen LogP) is 1.77. The molecule has 0 spiro atoms. The molecule has 7 heteroatoms. The molecule has 0 aliphatic carbocycles. The van der Waals surface area contributed by atoms with Gasteiger partial charge in [-0.3, -0.25) is 4.57 Å². The molecular formula is C4H8F3O3P. The third kappa shape index (κ3) is 9.94. The number of hydrogen-bond donors (Lipinski definition) is 1. The second-order valence-electron chi connectivity index (χ2n) is 2.00. The first-order chi connectivity index (χ1) is 4.71. The summed E-state index contributed by atoms with van der Waals surface area (Å²) >= 11 is 0. The molecule has 1 atom stereocenters. The van der Waals surface area contributed by atoms with E-state index in [0.717, 1.165) is 6.66 Å². The summed E-state index contributed by atoms with van der Waals surface area (Å²) in [7, 11) is -3.75.